The van der Waals surface area contributed by atoms with Gasteiger partial charge in [0.25, 0.3) is 0 Å². The maximum atomic E-state index is 12.4. The number of sulfonamides is 1. The lowest BCUT2D eigenvalue weighted by atomic mass is 10.1. The molecule has 2 rings (SSSR count). The standard InChI is InChI=1S/C13H22N2O3S2/c1-10-9-19-12(7-14-2)13(10)20(16,17)15-5-3-11-4-6-18-8-11/h9,11,14-15H,3-8H2,1-2H3. The Morgan fingerprint density at radius 1 is 1.50 bits per heavy atom. The fourth-order valence-electron chi connectivity index (χ4n) is 2.41. The topological polar surface area (TPSA) is 67.4 Å². The van der Waals surface area contributed by atoms with Gasteiger partial charge in [-0.3, -0.25) is 0 Å². The van der Waals surface area contributed by atoms with E-state index in [0.717, 1.165) is 36.5 Å². The van der Waals surface area contributed by atoms with E-state index in [9.17, 15) is 8.42 Å². The zero-order valence-corrected chi connectivity index (χ0v) is 13.6. The van der Waals surface area contributed by atoms with Crippen LogP contribution in [-0.4, -0.2) is 35.2 Å². The number of nitrogens with one attached hydrogen (secondary N) is 2. The van der Waals surface area contributed by atoms with Gasteiger partial charge in [-0.05, 0) is 43.7 Å². The molecule has 0 radical (unpaired) electrons. The molecule has 20 heavy (non-hydrogen) atoms. The van der Waals surface area contributed by atoms with Crippen molar-refractivity contribution in [2.75, 3.05) is 26.8 Å². The first-order valence-electron chi connectivity index (χ1n) is 6.83. The van der Waals surface area contributed by atoms with Crippen molar-refractivity contribution in [3.63, 3.8) is 0 Å². The minimum atomic E-state index is -3.41. The van der Waals surface area contributed by atoms with E-state index < -0.39 is 10.0 Å². The molecule has 114 valence electrons. The first-order chi connectivity index (χ1) is 9.54. The molecule has 1 fully saturated rings. The highest BCUT2D eigenvalue weighted by Crippen LogP contribution is 2.26. The van der Waals surface area contributed by atoms with Gasteiger partial charge < -0.3 is 10.1 Å². The van der Waals surface area contributed by atoms with E-state index in [1.807, 2.05) is 19.4 Å². The number of hydrogen-bond donors (Lipinski definition) is 2. The average Bonchev–Trinajstić information content (AvgIpc) is 3.00. The van der Waals surface area contributed by atoms with Crippen LogP contribution in [0.1, 0.15) is 23.3 Å². The largest absolute Gasteiger partial charge is 0.381 e. The quantitative estimate of drug-likeness (QED) is 0.799. The Labute approximate surface area is 124 Å². The van der Waals surface area contributed by atoms with Gasteiger partial charge in [-0.25, -0.2) is 13.1 Å². The summed E-state index contributed by atoms with van der Waals surface area (Å²) in [5.41, 5.74) is 0.817. The first kappa shape index (κ1) is 15.9. The highest BCUT2D eigenvalue weighted by molar-refractivity contribution is 7.89. The highest BCUT2D eigenvalue weighted by Gasteiger charge is 2.23. The van der Waals surface area contributed by atoms with Gasteiger partial charge in [0.15, 0.2) is 0 Å². The molecular weight excluding hydrogens is 296 g/mol. The summed E-state index contributed by atoms with van der Waals surface area (Å²) in [4.78, 5) is 1.31. The molecule has 0 aliphatic carbocycles. The summed E-state index contributed by atoms with van der Waals surface area (Å²) in [6, 6.07) is 0. The number of ether oxygens (including phenoxy) is 1. The van der Waals surface area contributed by atoms with Crippen LogP contribution in [-0.2, 0) is 21.3 Å². The Kier molecular flexibility index (Phi) is 5.57. The van der Waals surface area contributed by atoms with Gasteiger partial charge in [-0.1, -0.05) is 0 Å². The number of hydrogen-bond acceptors (Lipinski definition) is 5. The third-order valence-electron chi connectivity index (χ3n) is 3.46. The SMILES string of the molecule is CNCc1scc(C)c1S(=O)(=O)NCCC1CCOC1. The van der Waals surface area contributed by atoms with Crippen LogP contribution in [0.25, 0.3) is 0 Å². The molecule has 1 unspecified atom stereocenters. The summed E-state index contributed by atoms with van der Waals surface area (Å²) in [6.45, 7) is 4.45. The zero-order valence-electron chi connectivity index (χ0n) is 11.9. The molecule has 1 aromatic heterocycles. The Morgan fingerprint density at radius 3 is 2.95 bits per heavy atom. The van der Waals surface area contributed by atoms with Crippen molar-refractivity contribution < 1.29 is 13.2 Å². The third kappa shape index (κ3) is 3.79. The van der Waals surface area contributed by atoms with Gasteiger partial charge >= 0.3 is 0 Å². The lowest BCUT2D eigenvalue weighted by Crippen LogP contribution is -2.27. The normalized spacial score (nSPS) is 19.6. The average molecular weight is 318 g/mol. The maximum absolute atomic E-state index is 12.4. The molecule has 1 aliphatic rings. The Balaban J connectivity index is 2.00. The smallest absolute Gasteiger partial charge is 0.241 e. The lowest BCUT2D eigenvalue weighted by Gasteiger charge is -2.11. The molecule has 0 aromatic carbocycles. The summed E-state index contributed by atoms with van der Waals surface area (Å²) >= 11 is 1.48. The monoisotopic (exact) mass is 318 g/mol. The fraction of sp³-hybridized carbons (Fsp3) is 0.692. The summed E-state index contributed by atoms with van der Waals surface area (Å²) in [5.74, 6) is 0.484. The molecule has 0 saturated carbocycles. The van der Waals surface area contributed by atoms with Crippen molar-refractivity contribution in [2.24, 2.45) is 5.92 Å². The molecule has 2 heterocycles. The van der Waals surface area contributed by atoms with Gasteiger partial charge in [0, 0.05) is 31.2 Å². The molecule has 1 saturated heterocycles. The Morgan fingerprint density at radius 2 is 2.30 bits per heavy atom. The van der Waals surface area contributed by atoms with E-state index in [4.69, 9.17) is 4.74 Å². The highest BCUT2D eigenvalue weighted by atomic mass is 32.2. The molecular formula is C13H22N2O3S2. The van der Waals surface area contributed by atoms with Crippen molar-refractivity contribution in [2.45, 2.75) is 31.2 Å². The Bertz CT molecular complexity index is 534. The number of thiophene rings is 1. The predicted molar refractivity (Wildman–Crippen MR) is 80.6 cm³/mol. The van der Waals surface area contributed by atoms with Crippen molar-refractivity contribution in [1.82, 2.24) is 10.0 Å². The lowest BCUT2D eigenvalue weighted by molar-refractivity contribution is 0.184. The third-order valence-corrected chi connectivity index (χ3v) is 6.39. The van der Waals surface area contributed by atoms with Crippen LogP contribution in [0.3, 0.4) is 0 Å². The van der Waals surface area contributed by atoms with Crippen LogP contribution >= 0.6 is 11.3 Å². The molecule has 7 heteroatoms. The predicted octanol–water partition coefficient (Wildman–Crippen LogP) is 1.48. The molecule has 0 amide bonds. The van der Waals surface area contributed by atoms with Crippen molar-refractivity contribution >= 4 is 21.4 Å². The van der Waals surface area contributed by atoms with E-state index in [-0.39, 0.29) is 0 Å². The summed E-state index contributed by atoms with van der Waals surface area (Å²) < 4.78 is 32.9. The summed E-state index contributed by atoms with van der Waals surface area (Å²) in [6.07, 6.45) is 1.87. The second-order valence-electron chi connectivity index (χ2n) is 5.12. The summed E-state index contributed by atoms with van der Waals surface area (Å²) in [7, 11) is -1.59. The van der Waals surface area contributed by atoms with Gasteiger partial charge in [-0.15, -0.1) is 11.3 Å². The van der Waals surface area contributed by atoms with E-state index in [1.54, 1.807) is 0 Å². The van der Waals surface area contributed by atoms with Gasteiger partial charge in [0.2, 0.25) is 10.0 Å². The number of rotatable bonds is 7. The van der Waals surface area contributed by atoms with Crippen molar-refractivity contribution in [1.29, 1.82) is 0 Å². The van der Waals surface area contributed by atoms with Crippen LogP contribution < -0.4 is 10.0 Å². The van der Waals surface area contributed by atoms with Crippen LogP contribution in [0.2, 0.25) is 0 Å². The van der Waals surface area contributed by atoms with E-state index in [0.29, 0.717) is 23.9 Å². The van der Waals surface area contributed by atoms with E-state index in [1.165, 1.54) is 11.3 Å². The molecule has 0 bridgehead atoms. The molecule has 1 aromatic rings. The van der Waals surface area contributed by atoms with Crippen LogP contribution in [0.5, 0.6) is 0 Å². The van der Waals surface area contributed by atoms with Gasteiger partial charge in [0.05, 0.1) is 0 Å². The summed E-state index contributed by atoms with van der Waals surface area (Å²) in [5, 5.41) is 4.91. The van der Waals surface area contributed by atoms with Crippen molar-refractivity contribution in [3.05, 3.63) is 15.8 Å². The van der Waals surface area contributed by atoms with Crippen LogP contribution in [0, 0.1) is 12.8 Å². The van der Waals surface area contributed by atoms with Crippen molar-refractivity contribution in [3.8, 4) is 0 Å². The van der Waals surface area contributed by atoms with Crippen LogP contribution in [0.15, 0.2) is 10.3 Å². The van der Waals surface area contributed by atoms with E-state index >= 15 is 0 Å². The number of aryl methyl sites for hydroxylation is 1. The molecule has 5 nitrogen and oxygen atoms in total. The molecule has 2 N–H and O–H groups in total. The van der Waals surface area contributed by atoms with E-state index in [2.05, 4.69) is 10.0 Å². The maximum Gasteiger partial charge on any atom is 0.241 e. The second-order valence-corrected chi connectivity index (χ2v) is 7.79. The zero-order chi connectivity index (χ0) is 14.6. The fourth-order valence-corrected chi connectivity index (χ4v) is 5.28. The Hall–Kier alpha value is -0.470. The minimum Gasteiger partial charge on any atom is -0.381 e. The van der Waals surface area contributed by atoms with Crippen LogP contribution in [0.4, 0.5) is 0 Å². The second kappa shape index (κ2) is 7.00. The molecule has 1 atom stereocenters. The minimum absolute atomic E-state index is 0.444. The first-order valence-corrected chi connectivity index (χ1v) is 9.20. The van der Waals surface area contributed by atoms with Gasteiger partial charge in [0.1, 0.15) is 4.90 Å². The molecule has 1 aliphatic heterocycles. The molecule has 0 spiro atoms. The van der Waals surface area contributed by atoms with Gasteiger partial charge in [-0.2, -0.15) is 0 Å².